The molecule has 0 radical (unpaired) electrons. The van der Waals surface area contributed by atoms with E-state index < -0.39 is 0 Å². The third-order valence-electron chi connectivity index (χ3n) is 4.68. The van der Waals surface area contributed by atoms with Crippen molar-refractivity contribution < 1.29 is 14.5 Å². The molecule has 2 N–H and O–H groups in total. The van der Waals surface area contributed by atoms with Crippen molar-refractivity contribution in [2.24, 2.45) is 5.92 Å². The fourth-order valence-corrected chi connectivity index (χ4v) is 3.14. The van der Waals surface area contributed by atoms with E-state index in [2.05, 4.69) is 24.4 Å². The molecular formula is C20H32N3O2+. The van der Waals surface area contributed by atoms with Crippen LogP contribution in [0.25, 0.3) is 0 Å². The lowest BCUT2D eigenvalue weighted by Gasteiger charge is -2.30. The van der Waals surface area contributed by atoms with Gasteiger partial charge in [0, 0.05) is 18.6 Å². The summed E-state index contributed by atoms with van der Waals surface area (Å²) in [6.45, 7) is 7.34. The van der Waals surface area contributed by atoms with Crippen LogP contribution in [-0.4, -0.2) is 48.9 Å². The van der Waals surface area contributed by atoms with E-state index in [1.165, 1.54) is 12.8 Å². The van der Waals surface area contributed by atoms with Gasteiger partial charge in [-0.25, -0.2) is 0 Å². The second kappa shape index (κ2) is 8.99. The van der Waals surface area contributed by atoms with Gasteiger partial charge in [0.25, 0.3) is 11.8 Å². The molecule has 0 heterocycles. The number of carbonyl (C=O) groups is 2. The minimum Gasteiger partial charge on any atom is -0.349 e. The summed E-state index contributed by atoms with van der Waals surface area (Å²) < 4.78 is 0. The Morgan fingerprint density at radius 1 is 1.16 bits per heavy atom. The van der Waals surface area contributed by atoms with Gasteiger partial charge in [-0.15, -0.1) is 0 Å². The molecule has 1 aromatic carbocycles. The lowest BCUT2D eigenvalue weighted by Crippen LogP contribution is -3.11. The van der Waals surface area contributed by atoms with Crippen LogP contribution in [0, 0.1) is 5.92 Å². The number of quaternary nitrogens is 1. The molecule has 0 spiro atoms. The summed E-state index contributed by atoms with van der Waals surface area (Å²) in [5.74, 6) is 0.737. The van der Waals surface area contributed by atoms with Gasteiger partial charge in [-0.1, -0.05) is 30.3 Å². The van der Waals surface area contributed by atoms with Crippen LogP contribution in [0.2, 0.25) is 0 Å². The molecule has 1 aromatic rings. The lowest BCUT2D eigenvalue weighted by molar-refractivity contribution is -0.863. The molecule has 0 saturated heterocycles. The van der Waals surface area contributed by atoms with Crippen LogP contribution in [0.5, 0.6) is 0 Å². The quantitative estimate of drug-likeness (QED) is 0.697. The normalized spacial score (nSPS) is 16.4. The fraction of sp³-hybridized carbons (Fsp3) is 0.600. The number of amides is 2. The first-order chi connectivity index (χ1) is 11.9. The molecule has 2 rings (SSSR count). The second-order valence-corrected chi connectivity index (χ2v) is 7.62. The SMILES string of the molecule is CC(C)NC(=O)C[NH+](C)CC(=O)N(Cc1ccccc1)[C@H](C)C1CC1. The van der Waals surface area contributed by atoms with Crippen molar-refractivity contribution in [1.29, 1.82) is 0 Å². The number of hydrogen-bond acceptors (Lipinski definition) is 2. The first-order valence-corrected chi connectivity index (χ1v) is 9.31. The van der Waals surface area contributed by atoms with E-state index in [4.69, 9.17) is 0 Å². The Morgan fingerprint density at radius 3 is 2.36 bits per heavy atom. The van der Waals surface area contributed by atoms with E-state index in [0.717, 1.165) is 10.5 Å². The molecule has 1 unspecified atom stereocenters. The summed E-state index contributed by atoms with van der Waals surface area (Å²) in [4.78, 5) is 27.7. The number of carbonyl (C=O) groups excluding carboxylic acids is 2. The summed E-state index contributed by atoms with van der Waals surface area (Å²) >= 11 is 0. The molecule has 1 saturated carbocycles. The molecule has 2 amide bonds. The van der Waals surface area contributed by atoms with Crippen molar-refractivity contribution in [2.45, 2.75) is 52.2 Å². The van der Waals surface area contributed by atoms with Crippen LogP contribution >= 0.6 is 0 Å². The van der Waals surface area contributed by atoms with Gasteiger partial charge < -0.3 is 15.1 Å². The van der Waals surface area contributed by atoms with Crippen molar-refractivity contribution >= 4 is 11.8 Å². The van der Waals surface area contributed by atoms with Crippen LogP contribution in [-0.2, 0) is 16.1 Å². The summed E-state index contributed by atoms with van der Waals surface area (Å²) in [7, 11) is 1.90. The molecule has 138 valence electrons. The van der Waals surface area contributed by atoms with Gasteiger partial charge in [0.1, 0.15) is 0 Å². The van der Waals surface area contributed by atoms with E-state index in [1.807, 2.05) is 44.0 Å². The standard InChI is InChI=1S/C20H31N3O2/c1-15(2)21-19(24)13-22(4)14-20(25)23(16(3)18-10-11-18)12-17-8-6-5-7-9-17/h5-9,15-16,18H,10-14H2,1-4H3,(H,21,24)/p+1/t16-/m1/s1. The molecule has 25 heavy (non-hydrogen) atoms. The van der Waals surface area contributed by atoms with E-state index >= 15 is 0 Å². The van der Waals surface area contributed by atoms with Crippen LogP contribution in [0.15, 0.2) is 30.3 Å². The van der Waals surface area contributed by atoms with Gasteiger partial charge in [-0.2, -0.15) is 0 Å². The maximum Gasteiger partial charge on any atom is 0.278 e. The molecular weight excluding hydrogens is 314 g/mol. The number of hydrogen-bond donors (Lipinski definition) is 2. The first-order valence-electron chi connectivity index (χ1n) is 9.31. The molecule has 1 aliphatic rings. The monoisotopic (exact) mass is 346 g/mol. The minimum atomic E-state index is -0.00912. The van der Waals surface area contributed by atoms with Gasteiger partial charge in [0.15, 0.2) is 13.1 Å². The Bertz CT molecular complexity index is 570. The van der Waals surface area contributed by atoms with E-state index in [9.17, 15) is 9.59 Å². The summed E-state index contributed by atoms with van der Waals surface area (Å²) in [6.07, 6.45) is 2.42. The van der Waals surface area contributed by atoms with Crippen LogP contribution in [0.3, 0.4) is 0 Å². The Morgan fingerprint density at radius 2 is 1.80 bits per heavy atom. The maximum atomic E-state index is 12.9. The average Bonchev–Trinajstić information content (AvgIpc) is 3.36. The van der Waals surface area contributed by atoms with Crippen molar-refractivity contribution in [1.82, 2.24) is 10.2 Å². The van der Waals surface area contributed by atoms with Crippen LogP contribution < -0.4 is 10.2 Å². The molecule has 1 aliphatic carbocycles. The number of likely N-dealkylation sites (N-methyl/N-ethyl adjacent to an activating group) is 1. The Balaban J connectivity index is 1.96. The predicted octanol–water partition coefficient (Wildman–Crippen LogP) is 0.853. The number of nitrogens with zero attached hydrogens (tertiary/aromatic N) is 1. The smallest absolute Gasteiger partial charge is 0.278 e. The van der Waals surface area contributed by atoms with Crippen molar-refractivity contribution in [3.63, 3.8) is 0 Å². The lowest BCUT2D eigenvalue weighted by atomic mass is 10.1. The molecule has 0 aliphatic heterocycles. The maximum absolute atomic E-state index is 12.9. The van der Waals surface area contributed by atoms with Crippen molar-refractivity contribution in [2.75, 3.05) is 20.1 Å². The van der Waals surface area contributed by atoms with Gasteiger partial charge in [-0.3, -0.25) is 9.59 Å². The highest BCUT2D eigenvalue weighted by atomic mass is 16.2. The largest absolute Gasteiger partial charge is 0.349 e. The van der Waals surface area contributed by atoms with Crippen molar-refractivity contribution in [3.05, 3.63) is 35.9 Å². The third-order valence-corrected chi connectivity index (χ3v) is 4.68. The molecule has 5 nitrogen and oxygen atoms in total. The topological polar surface area (TPSA) is 53.9 Å². The van der Waals surface area contributed by atoms with Gasteiger partial charge >= 0.3 is 0 Å². The van der Waals surface area contributed by atoms with E-state index in [1.54, 1.807) is 0 Å². The molecule has 1 fully saturated rings. The Labute approximate surface area is 151 Å². The highest BCUT2D eigenvalue weighted by Gasteiger charge is 2.35. The molecule has 5 heteroatoms. The summed E-state index contributed by atoms with van der Waals surface area (Å²) in [5.41, 5.74) is 1.15. The molecule has 0 bridgehead atoms. The Kier molecular flexibility index (Phi) is 7.00. The van der Waals surface area contributed by atoms with Crippen LogP contribution in [0.4, 0.5) is 0 Å². The predicted molar refractivity (Wildman–Crippen MR) is 99.1 cm³/mol. The summed E-state index contributed by atoms with van der Waals surface area (Å²) in [6, 6.07) is 10.5. The van der Waals surface area contributed by atoms with Gasteiger partial charge in [0.2, 0.25) is 0 Å². The first kappa shape index (κ1) is 19.4. The van der Waals surface area contributed by atoms with E-state index in [0.29, 0.717) is 25.6 Å². The zero-order chi connectivity index (χ0) is 18.4. The van der Waals surface area contributed by atoms with Gasteiger partial charge in [-0.05, 0) is 45.1 Å². The highest BCUT2D eigenvalue weighted by molar-refractivity contribution is 5.79. The third kappa shape index (κ3) is 6.50. The number of benzene rings is 1. The second-order valence-electron chi connectivity index (χ2n) is 7.62. The fourth-order valence-electron chi connectivity index (χ4n) is 3.14. The molecule has 0 aromatic heterocycles. The number of nitrogens with one attached hydrogen (secondary N) is 2. The average molecular weight is 346 g/mol. The minimum absolute atomic E-state index is 0.00912. The Hall–Kier alpha value is -1.88. The zero-order valence-electron chi connectivity index (χ0n) is 15.9. The van der Waals surface area contributed by atoms with E-state index in [-0.39, 0.29) is 23.9 Å². The van der Waals surface area contributed by atoms with Crippen LogP contribution in [0.1, 0.15) is 39.2 Å². The highest BCUT2D eigenvalue weighted by Crippen LogP contribution is 2.35. The number of rotatable bonds is 9. The molecule has 2 atom stereocenters. The van der Waals surface area contributed by atoms with Crippen molar-refractivity contribution in [3.8, 4) is 0 Å². The van der Waals surface area contributed by atoms with Gasteiger partial charge in [0.05, 0.1) is 7.05 Å². The zero-order valence-corrected chi connectivity index (χ0v) is 15.9. The summed E-state index contributed by atoms with van der Waals surface area (Å²) in [5, 5.41) is 2.88.